The zero-order chi connectivity index (χ0) is 26.8. The Morgan fingerprint density at radius 1 is 1.03 bits per heavy atom. The Morgan fingerprint density at radius 3 is 2.46 bits per heavy atom. The van der Waals surface area contributed by atoms with Crippen LogP contribution in [-0.4, -0.2) is 37.2 Å². The highest BCUT2D eigenvalue weighted by Gasteiger charge is 2.35. The zero-order valence-corrected chi connectivity index (χ0v) is 22.1. The van der Waals surface area contributed by atoms with Gasteiger partial charge in [0, 0.05) is 48.0 Å². The molecule has 1 atom stereocenters. The van der Waals surface area contributed by atoms with E-state index in [1.54, 1.807) is 7.11 Å². The Balaban J connectivity index is 1.24. The monoisotopic (exact) mass is 523 g/mol. The molecule has 2 N–H and O–H groups in total. The normalized spacial score (nSPS) is 15.6. The van der Waals surface area contributed by atoms with Gasteiger partial charge in [-0.25, -0.2) is 4.79 Å². The van der Waals surface area contributed by atoms with Crippen LogP contribution in [0, 0.1) is 11.3 Å². The maximum atomic E-state index is 12.8. The lowest BCUT2D eigenvalue weighted by Gasteiger charge is -2.18. The number of nitrogens with zero attached hydrogens (tertiary/aromatic N) is 1. The molecule has 1 aromatic heterocycles. The van der Waals surface area contributed by atoms with Gasteiger partial charge in [-0.05, 0) is 61.1 Å². The molecule has 200 valence electrons. The number of hydrogen-bond acceptors (Lipinski definition) is 5. The summed E-state index contributed by atoms with van der Waals surface area (Å²) in [5.74, 6) is 1.18. The third kappa shape index (κ3) is 5.40. The molecule has 4 aromatic rings. The molecular formula is C32H33N3O4. The van der Waals surface area contributed by atoms with E-state index in [1.807, 2.05) is 66.7 Å². The van der Waals surface area contributed by atoms with E-state index >= 15 is 0 Å². The van der Waals surface area contributed by atoms with Crippen LogP contribution in [0.1, 0.15) is 49.0 Å². The molecule has 0 aliphatic heterocycles. The molecule has 2 saturated carbocycles. The van der Waals surface area contributed by atoms with E-state index < -0.39 is 6.09 Å². The predicted molar refractivity (Wildman–Crippen MR) is 153 cm³/mol. The van der Waals surface area contributed by atoms with E-state index in [2.05, 4.69) is 16.0 Å². The standard InChI is InChI=1S/C32H33N3O4/c1-37-17-18-38-26-15-16-27-28(20-33)30(35(25-13-14-25)29(27)19-26)21-9-11-24(12-10-21)34-32(36)39-31(23-7-8-23)22-5-3-2-4-6-22/h2-6,9-12,15-16,19-20,23,25,31,33H,7-8,13-14,17-18H2,1H3,(H,34,36). The van der Waals surface area contributed by atoms with Crippen molar-refractivity contribution < 1.29 is 19.0 Å². The number of amides is 1. The molecule has 1 heterocycles. The van der Waals surface area contributed by atoms with Crippen molar-refractivity contribution in [1.29, 1.82) is 5.41 Å². The topological polar surface area (TPSA) is 85.6 Å². The number of rotatable bonds is 11. The highest BCUT2D eigenvalue weighted by atomic mass is 16.6. The summed E-state index contributed by atoms with van der Waals surface area (Å²) in [7, 11) is 1.66. The van der Waals surface area contributed by atoms with Crippen LogP contribution in [0.15, 0.2) is 72.8 Å². The molecule has 1 unspecified atom stereocenters. The molecule has 0 radical (unpaired) electrons. The van der Waals surface area contributed by atoms with Crippen LogP contribution < -0.4 is 10.1 Å². The number of carbonyl (C=O) groups is 1. The van der Waals surface area contributed by atoms with Crippen LogP contribution in [-0.2, 0) is 9.47 Å². The maximum absolute atomic E-state index is 12.8. The van der Waals surface area contributed by atoms with E-state index in [4.69, 9.17) is 19.6 Å². The largest absolute Gasteiger partial charge is 0.491 e. The molecule has 1 amide bonds. The number of ether oxygens (including phenoxy) is 3. The number of anilines is 1. The van der Waals surface area contributed by atoms with Gasteiger partial charge in [-0.2, -0.15) is 0 Å². The Bertz CT molecular complexity index is 1470. The van der Waals surface area contributed by atoms with Crippen LogP contribution in [0.4, 0.5) is 10.5 Å². The van der Waals surface area contributed by atoms with Crippen molar-refractivity contribution in [1.82, 2.24) is 4.57 Å². The first-order valence-corrected chi connectivity index (χ1v) is 13.6. The summed E-state index contributed by atoms with van der Waals surface area (Å²) in [5, 5.41) is 12.2. The second kappa shape index (κ2) is 10.9. The van der Waals surface area contributed by atoms with Crippen LogP contribution in [0.25, 0.3) is 22.2 Å². The number of fused-ring (bicyclic) bond motifs is 1. The number of benzene rings is 3. The van der Waals surface area contributed by atoms with Gasteiger partial charge < -0.3 is 24.2 Å². The molecule has 3 aromatic carbocycles. The lowest BCUT2D eigenvalue weighted by Crippen LogP contribution is -2.18. The number of hydrogen-bond donors (Lipinski definition) is 2. The van der Waals surface area contributed by atoms with E-state index in [0.29, 0.717) is 30.9 Å². The van der Waals surface area contributed by atoms with Gasteiger partial charge in [-0.1, -0.05) is 42.5 Å². The Hall–Kier alpha value is -4.10. The van der Waals surface area contributed by atoms with Crippen molar-refractivity contribution in [3.8, 4) is 17.0 Å². The summed E-state index contributed by atoms with van der Waals surface area (Å²) in [6, 6.07) is 24.2. The molecular weight excluding hydrogens is 490 g/mol. The number of methoxy groups -OCH3 is 1. The van der Waals surface area contributed by atoms with E-state index in [-0.39, 0.29) is 6.10 Å². The minimum atomic E-state index is -0.447. The fourth-order valence-corrected chi connectivity index (χ4v) is 5.25. The third-order valence-electron chi connectivity index (χ3n) is 7.44. The number of aromatic nitrogens is 1. The zero-order valence-electron chi connectivity index (χ0n) is 22.1. The molecule has 0 spiro atoms. The second-order valence-electron chi connectivity index (χ2n) is 10.3. The van der Waals surface area contributed by atoms with Crippen LogP contribution in [0.3, 0.4) is 0 Å². The molecule has 2 aliphatic carbocycles. The van der Waals surface area contributed by atoms with Crippen molar-refractivity contribution in [2.24, 2.45) is 5.92 Å². The minimum absolute atomic E-state index is 0.224. The van der Waals surface area contributed by atoms with Crippen LogP contribution in [0.5, 0.6) is 5.75 Å². The van der Waals surface area contributed by atoms with Gasteiger partial charge in [0.2, 0.25) is 0 Å². The van der Waals surface area contributed by atoms with Gasteiger partial charge >= 0.3 is 6.09 Å². The molecule has 7 heteroatoms. The summed E-state index contributed by atoms with van der Waals surface area (Å²) in [6.07, 6.45) is 5.14. The fourth-order valence-electron chi connectivity index (χ4n) is 5.25. The van der Waals surface area contributed by atoms with Crippen molar-refractivity contribution >= 4 is 28.9 Å². The quantitative estimate of drug-likeness (QED) is 0.159. The van der Waals surface area contributed by atoms with E-state index in [0.717, 1.165) is 64.7 Å². The summed E-state index contributed by atoms with van der Waals surface area (Å²) in [5.41, 5.74) is 5.67. The molecule has 7 nitrogen and oxygen atoms in total. The highest BCUT2D eigenvalue weighted by molar-refractivity contribution is 6.06. The molecule has 0 bridgehead atoms. The summed E-state index contributed by atoms with van der Waals surface area (Å²) < 4.78 is 19.2. The summed E-state index contributed by atoms with van der Waals surface area (Å²) >= 11 is 0. The van der Waals surface area contributed by atoms with Gasteiger partial charge in [-0.3, -0.25) is 5.32 Å². The minimum Gasteiger partial charge on any atom is -0.491 e. The van der Waals surface area contributed by atoms with Crippen molar-refractivity contribution in [2.45, 2.75) is 37.8 Å². The van der Waals surface area contributed by atoms with Gasteiger partial charge in [-0.15, -0.1) is 0 Å². The number of carbonyl (C=O) groups excluding carboxylic acids is 1. The molecule has 6 rings (SSSR count). The lowest BCUT2D eigenvalue weighted by atomic mass is 10.1. The van der Waals surface area contributed by atoms with E-state index in [1.165, 1.54) is 6.21 Å². The highest BCUT2D eigenvalue weighted by Crippen LogP contribution is 2.46. The van der Waals surface area contributed by atoms with Gasteiger partial charge in [0.25, 0.3) is 0 Å². The van der Waals surface area contributed by atoms with Crippen LogP contribution >= 0.6 is 0 Å². The number of nitrogens with one attached hydrogen (secondary N) is 2. The summed E-state index contributed by atoms with van der Waals surface area (Å²) in [6.45, 7) is 1.01. The molecule has 39 heavy (non-hydrogen) atoms. The van der Waals surface area contributed by atoms with E-state index in [9.17, 15) is 4.79 Å². The average Bonchev–Trinajstić information content (AvgIpc) is 3.90. The molecule has 2 fully saturated rings. The van der Waals surface area contributed by atoms with Crippen molar-refractivity contribution in [3.05, 3.63) is 83.9 Å². The smallest absolute Gasteiger partial charge is 0.412 e. The van der Waals surface area contributed by atoms with Gasteiger partial charge in [0.1, 0.15) is 18.5 Å². The Kier molecular flexibility index (Phi) is 7.07. The first-order chi connectivity index (χ1) is 19.2. The lowest BCUT2D eigenvalue weighted by molar-refractivity contribution is 0.0975. The second-order valence-corrected chi connectivity index (χ2v) is 10.3. The maximum Gasteiger partial charge on any atom is 0.412 e. The van der Waals surface area contributed by atoms with Gasteiger partial charge in [0.05, 0.1) is 17.8 Å². The summed E-state index contributed by atoms with van der Waals surface area (Å²) in [4.78, 5) is 12.8. The fraction of sp³-hybridized carbons (Fsp3) is 0.312. The third-order valence-corrected chi connectivity index (χ3v) is 7.44. The first kappa shape index (κ1) is 25.2. The Labute approximate surface area is 228 Å². The predicted octanol–water partition coefficient (Wildman–Crippen LogP) is 7.37. The molecule has 0 saturated heterocycles. The first-order valence-electron chi connectivity index (χ1n) is 13.6. The van der Waals surface area contributed by atoms with Crippen LogP contribution in [0.2, 0.25) is 0 Å². The SMILES string of the molecule is COCCOc1ccc2c(C=N)c(-c3ccc(NC(=O)OC(c4ccccc4)C4CC4)cc3)n(C3CC3)c2c1. The van der Waals surface area contributed by atoms with Crippen molar-refractivity contribution in [2.75, 3.05) is 25.6 Å². The van der Waals surface area contributed by atoms with Gasteiger partial charge in [0.15, 0.2) is 0 Å². The molecule has 2 aliphatic rings. The Morgan fingerprint density at radius 2 is 1.79 bits per heavy atom. The van der Waals surface area contributed by atoms with Crippen molar-refractivity contribution in [3.63, 3.8) is 0 Å². The average molecular weight is 524 g/mol.